The Morgan fingerprint density at radius 2 is 2.26 bits per heavy atom. The predicted octanol–water partition coefficient (Wildman–Crippen LogP) is 1.72. The number of benzene rings is 1. The maximum absolute atomic E-state index is 12.3. The van der Waals surface area contributed by atoms with E-state index in [4.69, 9.17) is 9.84 Å². The molecule has 1 aliphatic heterocycles. The number of carbonyl (C=O) groups is 2. The largest absolute Gasteiger partial charge is 0.480 e. The highest BCUT2D eigenvalue weighted by Crippen LogP contribution is 2.25. The number of amides is 1. The van der Waals surface area contributed by atoms with Gasteiger partial charge in [0.25, 0.3) is 5.91 Å². The van der Waals surface area contributed by atoms with Gasteiger partial charge in [0.15, 0.2) is 5.82 Å². The number of aromatic nitrogens is 2. The Morgan fingerprint density at radius 1 is 1.39 bits per heavy atom. The molecule has 3 rings (SSSR count). The summed E-state index contributed by atoms with van der Waals surface area (Å²) in [4.78, 5) is 22.9. The Kier molecular flexibility index (Phi) is 4.38. The van der Waals surface area contributed by atoms with Gasteiger partial charge in [-0.2, -0.15) is 5.10 Å². The fourth-order valence-corrected chi connectivity index (χ4v) is 2.57. The summed E-state index contributed by atoms with van der Waals surface area (Å²) < 4.78 is 6.63. The van der Waals surface area contributed by atoms with E-state index >= 15 is 0 Å². The topological polar surface area (TPSA) is 93.5 Å². The number of carboxylic acids is 1. The molecule has 0 saturated carbocycles. The van der Waals surface area contributed by atoms with Crippen LogP contribution in [0.15, 0.2) is 36.5 Å². The van der Waals surface area contributed by atoms with Crippen LogP contribution in [0.1, 0.15) is 28.3 Å². The SMILES string of the molecule is O=C(O)Cn1ccc(NC(=O)c2cccc([C@@H]3CCOC3)c2)n1. The van der Waals surface area contributed by atoms with E-state index in [1.165, 1.54) is 10.9 Å². The van der Waals surface area contributed by atoms with Gasteiger partial charge in [-0.15, -0.1) is 0 Å². The third kappa shape index (κ3) is 3.75. The van der Waals surface area contributed by atoms with Crippen LogP contribution in [-0.4, -0.2) is 40.0 Å². The molecule has 2 N–H and O–H groups in total. The molecule has 7 nitrogen and oxygen atoms in total. The van der Waals surface area contributed by atoms with Crippen LogP contribution >= 0.6 is 0 Å². The van der Waals surface area contributed by atoms with Crippen molar-refractivity contribution in [1.29, 1.82) is 0 Å². The zero-order valence-electron chi connectivity index (χ0n) is 12.4. The fourth-order valence-electron chi connectivity index (χ4n) is 2.57. The highest BCUT2D eigenvalue weighted by atomic mass is 16.5. The number of hydrogen-bond acceptors (Lipinski definition) is 4. The van der Waals surface area contributed by atoms with Crippen LogP contribution in [0.5, 0.6) is 0 Å². The van der Waals surface area contributed by atoms with E-state index in [1.54, 1.807) is 12.1 Å². The first-order valence-electron chi connectivity index (χ1n) is 7.36. The van der Waals surface area contributed by atoms with E-state index < -0.39 is 5.97 Å². The second kappa shape index (κ2) is 6.62. The van der Waals surface area contributed by atoms with Crippen molar-refractivity contribution < 1.29 is 19.4 Å². The normalized spacial score (nSPS) is 17.1. The number of anilines is 1. The van der Waals surface area contributed by atoms with Crippen LogP contribution in [-0.2, 0) is 16.1 Å². The molecule has 1 fully saturated rings. The van der Waals surface area contributed by atoms with Crippen LogP contribution in [0.3, 0.4) is 0 Å². The van der Waals surface area contributed by atoms with E-state index in [9.17, 15) is 9.59 Å². The molecule has 1 amide bonds. The minimum Gasteiger partial charge on any atom is -0.480 e. The minimum atomic E-state index is -0.988. The second-order valence-electron chi connectivity index (χ2n) is 5.43. The lowest BCUT2D eigenvalue weighted by Gasteiger charge is -2.09. The predicted molar refractivity (Wildman–Crippen MR) is 82.4 cm³/mol. The first-order chi connectivity index (χ1) is 11.1. The Bertz CT molecular complexity index is 720. The lowest BCUT2D eigenvalue weighted by Crippen LogP contribution is -2.14. The van der Waals surface area contributed by atoms with Gasteiger partial charge in [0.2, 0.25) is 0 Å². The summed E-state index contributed by atoms with van der Waals surface area (Å²) in [5.74, 6) is -0.604. The van der Waals surface area contributed by atoms with Gasteiger partial charge in [0, 0.05) is 30.4 Å². The molecule has 23 heavy (non-hydrogen) atoms. The van der Waals surface area contributed by atoms with Crippen molar-refractivity contribution in [2.75, 3.05) is 18.5 Å². The number of carboxylic acid groups (broad SMARTS) is 1. The van der Waals surface area contributed by atoms with Gasteiger partial charge in [-0.1, -0.05) is 12.1 Å². The average molecular weight is 315 g/mol. The molecule has 7 heteroatoms. The highest BCUT2D eigenvalue weighted by molar-refractivity contribution is 6.03. The molecule has 0 bridgehead atoms. The molecule has 1 aromatic heterocycles. The van der Waals surface area contributed by atoms with Crippen LogP contribution in [0.4, 0.5) is 5.82 Å². The molecule has 120 valence electrons. The summed E-state index contributed by atoms with van der Waals surface area (Å²) in [5, 5.41) is 15.4. The molecule has 1 aliphatic rings. The maximum Gasteiger partial charge on any atom is 0.325 e. The standard InChI is InChI=1S/C16H17N3O4/c20-15(21)9-19-6-4-14(18-19)17-16(22)12-3-1-2-11(8-12)13-5-7-23-10-13/h1-4,6,8,13H,5,7,9-10H2,(H,20,21)(H,17,18,22)/t13-/m1/s1. The number of rotatable bonds is 5. The van der Waals surface area contributed by atoms with Gasteiger partial charge in [-0.3, -0.25) is 14.3 Å². The van der Waals surface area contributed by atoms with Crippen molar-refractivity contribution in [3.63, 3.8) is 0 Å². The molecule has 2 heterocycles. The van der Waals surface area contributed by atoms with Gasteiger partial charge in [0.1, 0.15) is 6.54 Å². The van der Waals surface area contributed by atoms with E-state index in [2.05, 4.69) is 10.4 Å². The number of carbonyl (C=O) groups excluding carboxylic acids is 1. The number of ether oxygens (including phenoxy) is 1. The van der Waals surface area contributed by atoms with E-state index in [0.717, 1.165) is 18.6 Å². The second-order valence-corrected chi connectivity index (χ2v) is 5.43. The molecular formula is C16H17N3O4. The van der Waals surface area contributed by atoms with Gasteiger partial charge in [0.05, 0.1) is 6.61 Å². The van der Waals surface area contributed by atoms with Crippen molar-refractivity contribution in [2.45, 2.75) is 18.9 Å². The zero-order chi connectivity index (χ0) is 16.2. The molecule has 0 radical (unpaired) electrons. The number of aliphatic carboxylic acids is 1. The third-order valence-electron chi connectivity index (χ3n) is 3.73. The van der Waals surface area contributed by atoms with Gasteiger partial charge < -0.3 is 15.2 Å². The fraction of sp³-hybridized carbons (Fsp3) is 0.312. The van der Waals surface area contributed by atoms with Gasteiger partial charge in [-0.05, 0) is 24.1 Å². The molecule has 2 aromatic rings. The lowest BCUT2D eigenvalue weighted by atomic mass is 9.96. The molecule has 0 spiro atoms. The van der Waals surface area contributed by atoms with Crippen molar-refractivity contribution >= 4 is 17.7 Å². The monoisotopic (exact) mass is 315 g/mol. The van der Waals surface area contributed by atoms with Gasteiger partial charge >= 0.3 is 5.97 Å². The first-order valence-corrected chi connectivity index (χ1v) is 7.36. The summed E-state index contributed by atoms with van der Waals surface area (Å²) in [6.07, 6.45) is 2.47. The van der Waals surface area contributed by atoms with E-state index in [-0.39, 0.29) is 12.5 Å². The molecule has 1 atom stereocenters. The van der Waals surface area contributed by atoms with Crippen LogP contribution in [0.25, 0.3) is 0 Å². The van der Waals surface area contributed by atoms with Crippen LogP contribution < -0.4 is 5.32 Å². The Labute approximate surface area is 132 Å². The Balaban J connectivity index is 1.69. The summed E-state index contributed by atoms with van der Waals surface area (Å²) in [5.41, 5.74) is 1.63. The maximum atomic E-state index is 12.3. The molecule has 1 aromatic carbocycles. The molecule has 1 saturated heterocycles. The smallest absolute Gasteiger partial charge is 0.325 e. The Morgan fingerprint density at radius 3 is 3.00 bits per heavy atom. The highest BCUT2D eigenvalue weighted by Gasteiger charge is 2.19. The van der Waals surface area contributed by atoms with Crippen molar-refractivity contribution in [2.24, 2.45) is 0 Å². The quantitative estimate of drug-likeness (QED) is 0.876. The molecule has 0 aliphatic carbocycles. The van der Waals surface area contributed by atoms with E-state index in [0.29, 0.717) is 23.9 Å². The zero-order valence-corrected chi connectivity index (χ0v) is 12.4. The van der Waals surface area contributed by atoms with E-state index in [1.807, 2.05) is 18.2 Å². The summed E-state index contributed by atoms with van der Waals surface area (Å²) in [6.45, 7) is 1.19. The molecule has 0 unspecified atom stereocenters. The van der Waals surface area contributed by atoms with Crippen molar-refractivity contribution in [1.82, 2.24) is 9.78 Å². The van der Waals surface area contributed by atoms with Gasteiger partial charge in [-0.25, -0.2) is 0 Å². The van der Waals surface area contributed by atoms with Crippen LogP contribution in [0.2, 0.25) is 0 Å². The Hall–Kier alpha value is -2.67. The molecular weight excluding hydrogens is 298 g/mol. The summed E-state index contributed by atoms with van der Waals surface area (Å²) in [7, 11) is 0. The summed E-state index contributed by atoms with van der Waals surface area (Å²) >= 11 is 0. The number of nitrogens with one attached hydrogen (secondary N) is 1. The average Bonchev–Trinajstić information content (AvgIpc) is 3.19. The summed E-state index contributed by atoms with van der Waals surface area (Å²) in [6, 6.07) is 9.02. The third-order valence-corrected chi connectivity index (χ3v) is 3.73. The van der Waals surface area contributed by atoms with Crippen molar-refractivity contribution in [3.8, 4) is 0 Å². The number of hydrogen-bond donors (Lipinski definition) is 2. The lowest BCUT2D eigenvalue weighted by molar-refractivity contribution is -0.137. The first kappa shape index (κ1) is 15.2. The van der Waals surface area contributed by atoms with Crippen LogP contribution in [0, 0.1) is 0 Å². The number of nitrogens with zero attached hydrogens (tertiary/aromatic N) is 2. The van der Waals surface area contributed by atoms with Crippen molar-refractivity contribution in [3.05, 3.63) is 47.7 Å². The minimum absolute atomic E-state index is 0.243.